The molecule has 2 N–H and O–H groups in total. The Labute approximate surface area is 203 Å². The lowest BCUT2D eigenvalue weighted by molar-refractivity contribution is 0.312. The molecule has 0 saturated carbocycles. The Morgan fingerprint density at radius 3 is 2.60 bits per heavy atom. The zero-order chi connectivity index (χ0) is 23.9. The third-order valence-electron chi connectivity index (χ3n) is 6.64. The van der Waals surface area contributed by atoms with E-state index in [0.29, 0.717) is 5.65 Å². The molecule has 0 aromatic carbocycles. The number of H-pyrrole nitrogens is 2. The second-order valence-corrected chi connectivity index (χ2v) is 9.58. The number of nitrogens with zero attached hydrogens (tertiary/aromatic N) is 7. The van der Waals surface area contributed by atoms with Crippen molar-refractivity contribution in [1.29, 1.82) is 0 Å². The number of anilines is 1. The Morgan fingerprint density at radius 1 is 0.943 bits per heavy atom. The van der Waals surface area contributed by atoms with Crippen molar-refractivity contribution in [2.45, 2.75) is 6.54 Å². The smallest absolute Gasteiger partial charge is 0.181 e. The second-order valence-electron chi connectivity index (χ2n) is 9.58. The van der Waals surface area contributed by atoms with E-state index in [1.807, 2.05) is 30.9 Å². The summed E-state index contributed by atoms with van der Waals surface area (Å²) in [5.41, 5.74) is 6.89. The first-order valence-electron chi connectivity index (χ1n) is 11.9. The molecular weight excluding hydrogens is 438 g/mol. The van der Waals surface area contributed by atoms with Crippen molar-refractivity contribution in [3.8, 4) is 22.5 Å². The molecule has 9 nitrogen and oxygen atoms in total. The highest BCUT2D eigenvalue weighted by molar-refractivity contribution is 5.99. The number of aromatic nitrogens is 6. The van der Waals surface area contributed by atoms with E-state index in [9.17, 15) is 0 Å². The summed E-state index contributed by atoms with van der Waals surface area (Å²) in [4.78, 5) is 24.2. The lowest BCUT2D eigenvalue weighted by Gasteiger charge is -2.33. The molecule has 1 fully saturated rings. The monoisotopic (exact) mass is 467 g/mol. The molecule has 0 amide bonds. The minimum atomic E-state index is 0.692. The summed E-state index contributed by atoms with van der Waals surface area (Å²) in [5, 5.41) is 9.77. The lowest BCUT2D eigenvalue weighted by atomic mass is 10.1. The standard InChI is InChI=1S/C26H29N9/c1-33(2)16-17-10-18(14-27-13-17)19-11-21-24(31-32-25(21)29-15-19)23-12-20-22(30-23)4-5-28-26(20)35-8-6-34(3)7-9-35/h4-5,10-15,30H,6-9,16H2,1-3H3,(H,29,31,32). The summed E-state index contributed by atoms with van der Waals surface area (Å²) in [7, 11) is 6.28. The number of rotatable bonds is 5. The van der Waals surface area contributed by atoms with E-state index >= 15 is 0 Å². The average Bonchev–Trinajstić information content (AvgIpc) is 3.48. The van der Waals surface area contributed by atoms with Crippen LogP contribution < -0.4 is 4.90 Å². The Balaban J connectivity index is 1.39. The molecule has 1 saturated heterocycles. The van der Waals surface area contributed by atoms with Gasteiger partial charge in [-0.2, -0.15) is 5.10 Å². The third kappa shape index (κ3) is 4.13. The fraction of sp³-hybridized carbons (Fsp3) is 0.308. The van der Waals surface area contributed by atoms with Crippen molar-refractivity contribution in [2.24, 2.45) is 0 Å². The fourth-order valence-electron chi connectivity index (χ4n) is 4.80. The summed E-state index contributed by atoms with van der Waals surface area (Å²) >= 11 is 0. The van der Waals surface area contributed by atoms with Gasteiger partial charge in [-0.05, 0) is 51.0 Å². The van der Waals surface area contributed by atoms with Crippen molar-refractivity contribution >= 4 is 27.8 Å². The number of fused-ring (bicyclic) bond motifs is 2. The van der Waals surface area contributed by atoms with E-state index in [1.54, 1.807) is 0 Å². The van der Waals surface area contributed by atoms with E-state index in [1.165, 1.54) is 5.56 Å². The van der Waals surface area contributed by atoms with Crippen LogP contribution in [0.2, 0.25) is 0 Å². The first kappa shape index (κ1) is 21.7. The molecule has 6 heterocycles. The number of piperazine rings is 1. The zero-order valence-corrected chi connectivity index (χ0v) is 20.3. The van der Waals surface area contributed by atoms with Crippen molar-refractivity contribution in [3.05, 3.63) is 54.6 Å². The van der Waals surface area contributed by atoms with Crippen LogP contribution in [0.5, 0.6) is 0 Å². The van der Waals surface area contributed by atoms with Crippen LogP contribution in [0.25, 0.3) is 44.5 Å². The summed E-state index contributed by atoms with van der Waals surface area (Å²) < 4.78 is 0. The van der Waals surface area contributed by atoms with Gasteiger partial charge in [-0.15, -0.1) is 0 Å². The number of hydrogen-bond donors (Lipinski definition) is 2. The quantitative estimate of drug-likeness (QED) is 0.409. The Bertz CT molecular complexity index is 1490. The predicted molar refractivity (Wildman–Crippen MR) is 139 cm³/mol. The highest BCUT2D eigenvalue weighted by Gasteiger charge is 2.20. The van der Waals surface area contributed by atoms with Crippen molar-refractivity contribution in [1.82, 2.24) is 39.9 Å². The zero-order valence-electron chi connectivity index (χ0n) is 20.3. The van der Waals surface area contributed by atoms with E-state index < -0.39 is 0 Å². The van der Waals surface area contributed by atoms with Gasteiger partial charge in [-0.1, -0.05) is 0 Å². The number of aromatic amines is 2. The molecule has 9 heteroatoms. The summed E-state index contributed by atoms with van der Waals surface area (Å²) in [5.74, 6) is 1.03. The molecule has 1 aliphatic rings. The SMILES string of the molecule is CN(C)Cc1cncc(-c2cnc3n[nH]c(-c4cc5c(N6CCN(C)CC6)nccc5[nH]4)c3c2)c1. The maximum atomic E-state index is 4.73. The van der Waals surface area contributed by atoms with Crippen LogP contribution in [0.1, 0.15) is 5.56 Å². The highest BCUT2D eigenvalue weighted by atomic mass is 15.3. The van der Waals surface area contributed by atoms with Gasteiger partial charge >= 0.3 is 0 Å². The average molecular weight is 468 g/mol. The van der Waals surface area contributed by atoms with Gasteiger partial charge in [0, 0.05) is 79.4 Å². The van der Waals surface area contributed by atoms with Gasteiger partial charge in [0.25, 0.3) is 0 Å². The molecular formula is C26H29N9. The van der Waals surface area contributed by atoms with E-state index in [0.717, 1.165) is 77.3 Å². The van der Waals surface area contributed by atoms with Crippen LogP contribution in [-0.4, -0.2) is 87.3 Å². The Kier molecular flexibility index (Phi) is 5.43. The number of nitrogens with one attached hydrogen (secondary N) is 2. The number of pyridine rings is 3. The van der Waals surface area contributed by atoms with Crippen molar-refractivity contribution < 1.29 is 0 Å². The molecule has 0 aliphatic carbocycles. The highest BCUT2D eigenvalue weighted by Crippen LogP contribution is 2.33. The maximum Gasteiger partial charge on any atom is 0.181 e. The molecule has 178 valence electrons. The predicted octanol–water partition coefficient (Wildman–Crippen LogP) is 3.38. The second kappa shape index (κ2) is 8.75. The van der Waals surface area contributed by atoms with Gasteiger partial charge in [0.15, 0.2) is 5.65 Å². The summed E-state index contributed by atoms with van der Waals surface area (Å²) in [6, 6.07) is 8.52. The fourth-order valence-corrected chi connectivity index (χ4v) is 4.80. The number of likely N-dealkylation sites (N-methyl/N-ethyl adjacent to an activating group) is 1. The molecule has 0 unspecified atom stereocenters. The van der Waals surface area contributed by atoms with Gasteiger partial charge in [0.05, 0.1) is 16.9 Å². The molecule has 35 heavy (non-hydrogen) atoms. The molecule has 5 aromatic heterocycles. The summed E-state index contributed by atoms with van der Waals surface area (Å²) in [6.07, 6.45) is 7.55. The van der Waals surface area contributed by atoms with Crippen LogP contribution >= 0.6 is 0 Å². The molecule has 0 spiro atoms. The molecule has 5 aromatic rings. The molecule has 0 radical (unpaired) electrons. The van der Waals surface area contributed by atoms with Gasteiger partial charge in [0.1, 0.15) is 5.82 Å². The molecule has 1 aliphatic heterocycles. The topological polar surface area (TPSA) is 92.9 Å². The van der Waals surface area contributed by atoms with Gasteiger partial charge < -0.3 is 19.7 Å². The van der Waals surface area contributed by atoms with Crippen LogP contribution in [0.3, 0.4) is 0 Å². The molecule has 6 rings (SSSR count). The van der Waals surface area contributed by atoms with Crippen molar-refractivity contribution in [3.63, 3.8) is 0 Å². The summed E-state index contributed by atoms with van der Waals surface area (Å²) in [6.45, 7) is 4.88. The lowest BCUT2D eigenvalue weighted by Crippen LogP contribution is -2.44. The van der Waals surface area contributed by atoms with Gasteiger partial charge in [-0.3, -0.25) is 10.1 Å². The maximum absolute atomic E-state index is 4.73. The number of hydrogen-bond acceptors (Lipinski definition) is 7. The van der Waals surface area contributed by atoms with Crippen LogP contribution in [0.4, 0.5) is 5.82 Å². The van der Waals surface area contributed by atoms with Crippen LogP contribution in [-0.2, 0) is 6.54 Å². The molecule has 0 atom stereocenters. The third-order valence-corrected chi connectivity index (χ3v) is 6.64. The minimum absolute atomic E-state index is 0.692. The molecule has 0 bridgehead atoms. The van der Waals surface area contributed by atoms with Crippen molar-refractivity contribution in [2.75, 3.05) is 52.2 Å². The van der Waals surface area contributed by atoms with E-state index in [-0.39, 0.29) is 0 Å². The normalized spacial score (nSPS) is 15.0. The largest absolute Gasteiger partial charge is 0.353 e. The Morgan fingerprint density at radius 2 is 1.77 bits per heavy atom. The van der Waals surface area contributed by atoms with Gasteiger partial charge in [0.2, 0.25) is 0 Å². The first-order valence-corrected chi connectivity index (χ1v) is 11.9. The van der Waals surface area contributed by atoms with Gasteiger partial charge in [-0.25, -0.2) is 9.97 Å². The first-order chi connectivity index (χ1) is 17.0. The van der Waals surface area contributed by atoms with E-state index in [2.05, 4.69) is 79.2 Å². The Hall–Kier alpha value is -3.82. The van der Waals surface area contributed by atoms with E-state index in [4.69, 9.17) is 4.98 Å². The minimum Gasteiger partial charge on any atom is -0.353 e. The van der Waals surface area contributed by atoms with Crippen LogP contribution in [0, 0.1) is 0 Å². The van der Waals surface area contributed by atoms with Crippen LogP contribution in [0.15, 0.2) is 49.1 Å².